The number of amides is 2. The Morgan fingerprint density at radius 3 is 2.50 bits per heavy atom. The van der Waals surface area contributed by atoms with Crippen molar-refractivity contribution in [3.05, 3.63) is 101 Å². The summed E-state index contributed by atoms with van der Waals surface area (Å²) in [5, 5.41) is 3.06. The zero-order valence-corrected chi connectivity index (χ0v) is 22.7. The second-order valence-electron chi connectivity index (χ2n) is 10.7. The summed E-state index contributed by atoms with van der Waals surface area (Å²) in [7, 11) is 0. The van der Waals surface area contributed by atoms with E-state index in [1.165, 1.54) is 6.07 Å². The number of nitrogens with one attached hydrogen (secondary N) is 1. The van der Waals surface area contributed by atoms with Gasteiger partial charge < -0.3 is 19.7 Å². The Labute approximate surface area is 230 Å². The zero-order valence-electron chi connectivity index (χ0n) is 22.7. The first-order valence-electron chi connectivity index (χ1n) is 12.9. The fraction of sp³-hybridized carbons (Fsp3) is 0.300. The summed E-state index contributed by atoms with van der Waals surface area (Å²) < 4.78 is 41.1. The number of hydrogen-bond acceptors (Lipinski definition) is 5. The first-order chi connectivity index (χ1) is 19.0. The summed E-state index contributed by atoms with van der Waals surface area (Å²) in [6.45, 7) is 7.38. The van der Waals surface area contributed by atoms with E-state index in [1.54, 1.807) is 55.3 Å². The van der Waals surface area contributed by atoms with Crippen molar-refractivity contribution in [2.24, 2.45) is 0 Å². The van der Waals surface area contributed by atoms with Crippen LogP contribution < -0.4 is 10.1 Å². The third kappa shape index (κ3) is 5.47. The topological polar surface area (TPSA) is 85.2 Å². The number of fused-ring (bicyclic) bond motifs is 2. The highest BCUT2D eigenvalue weighted by Gasteiger charge is 2.32. The highest BCUT2D eigenvalue weighted by Crippen LogP contribution is 2.29. The van der Waals surface area contributed by atoms with Crippen molar-refractivity contribution in [2.45, 2.75) is 52.5 Å². The number of carbonyl (C=O) groups is 2. The molecule has 0 fully saturated rings. The van der Waals surface area contributed by atoms with Crippen molar-refractivity contribution in [1.29, 1.82) is 0 Å². The molecule has 2 aromatic heterocycles. The second kappa shape index (κ2) is 10.6. The number of nitrogens with zero attached hydrogens (tertiary/aromatic N) is 3. The number of rotatable bonds is 5. The van der Waals surface area contributed by atoms with Gasteiger partial charge in [0.15, 0.2) is 11.4 Å². The molecule has 2 aromatic carbocycles. The first-order valence-corrected chi connectivity index (χ1v) is 12.9. The Kier molecular flexibility index (Phi) is 7.18. The summed E-state index contributed by atoms with van der Waals surface area (Å²) in [5.74, 6) is -1.54. The van der Waals surface area contributed by atoms with Gasteiger partial charge >= 0.3 is 6.09 Å². The number of aryl methyl sites for hydroxylation is 1. The smallest absolute Gasteiger partial charge is 0.410 e. The number of imidazole rings is 1. The molecule has 0 spiro atoms. The van der Waals surface area contributed by atoms with E-state index in [2.05, 4.69) is 10.3 Å². The van der Waals surface area contributed by atoms with Crippen LogP contribution in [0.2, 0.25) is 0 Å². The van der Waals surface area contributed by atoms with Gasteiger partial charge in [-0.25, -0.2) is 18.6 Å². The van der Waals surface area contributed by atoms with E-state index in [-0.39, 0.29) is 30.2 Å². The fourth-order valence-corrected chi connectivity index (χ4v) is 4.78. The molecule has 3 heterocycles. The summed E-state index contributed by atoms with van der Waals surface area (Å²) in [6.07, 6.45) is 1.21. The van der Waals surface area contributed by atoms with Crippen molar-refractivity contribution in [3.8, 4) is 5.75 Å². The second-order valence-corrected chi connectivity index (χ2v) is 10.7. The third-order valence-electron chi connectivity index (χ3n) is 6.59. The molecule has 0 radical (unpaired) electrons. The molecule has 1 unspecified atom stereocenters. The van der Waals surface area contributed by atoms with Crippen LogP contribution >= 0.6 is 0 Å². The number of hydrogen-bond donors (Lipinski definition) is 1. The van der Waals surface area contributed by atoms with Gasteiger partial charge in [0.25, 0.3) is 5.91 Å². The maximum absolute atomic E-state index is 14.1. The lowest BCUT2D eigenvalue weighted by atomic mass is 9.95. The molecule has 1 N–H and O–H groups in total. The number of pyridine rings is 1. The molecule has 2 amide bonds. The van der Waals surface area contributed by atoms with Gasteiger partial charge in [0, 0.05) is 19.3 Å². The molecule has 5 rings (SSSR count). The fourth-order valence-electron chi connectivity index (χ4n) is 4.78. The minimum atomic E-state index is -0.709. The van der Waals surface area contributed by atoms with E-state index in [9.17, 15) is 18.4 Å². The molecule has 1 aliphatic heterocycles. The molecule has 1 atom stereocenters. The Hall–Kier alpha value is -4.47. The van der Waals surface area contributed by atoms with Crippen LogP contribution in [0.5, 0.6) is 5.75 Å². The van der Waals surface area contributed by atoms with Crippen LogP contribution in [0, 0.1) is 18.6 Å². The average molecular weight is 549 g/mol. The minimum Gasteiger partial charge on any atom is -0.485 e. The van der Waals surface area contributed by atoms with Crippen LogP contribution in [0.4, 0.5) is 13.6 Å². The summed E-state index contributed by atoms with van der Waals surface area (Å²) in [4.78, 5) is 32.6. The number of halogens is 2. The van der Waals surface area contributed by atoms with Gasteiger partial charge in [0.2, 0.25) is 0 Å². The van der Waals surface area contributed by atoms with Gasteiger partial charge in [-0.15, -0.1) is 0 Å². The Bertz CT molecular complexity index is 1570. The number of carbonyl (C=O) groups excluding carboxylic acids is 2. The molecular weight excluding hydrogens is 518 g/mol. The molecule has 40 heavy (non-hydrogen) atoms. The standard InChI is InChI=1S/C30H30F2N4O4/c1-18-26(36-14-8-13-25(27(36)33-18)39-17-21-22(31)11-7-12-23(21)32)28(37)34-24-16-35(29(38)40-30(2,3)4)15-19-9-5-6-10-20(19)24/h5-14,24H,15-17H2,1-4H3,(H,34,37). The van der Waals surface area contributed by atoms with E-state index in [4.69, 9.17) is 9.47 Å². The molecule has 0 bridgehead atoms. The zero-order chi connectivity index (χ0) is 28.6. The van der Waals surface area contributed by atoms with E-state index in [0.29, 0.717) is 17.9 Å². The van der Waals surface area contributed by atoms with Crippen molar-refractivity contribution >= 4 is 17.6 Å². The predicted molar refractivity (Wildman–Crippen MR) is 144 cm³/mol. The molecule has 0 saturated carbocycles. The predicted octanol–water partition coefficient (Wildman–Crippen LogP) is 5.72. The monoisotopic (exact) mass is 548 g/mol. The molecule has 0 saturated heterocycles. The van der Waals surface area contributed by atoms with Crippen LogP contribution in [-0.2, 0) is 17.9 Å². The van der Waals surface area contributed by atoms with Gasteiger partial charge in [-0.1, -0.05) is 30.3 Å². The molecule has 1 aliphatic rings. The van der Waals surface area contributed by atoms with Gasteiger partial charge in [-0.05, 0) is 63.1 Å². The minimum absolute atomic E-state index is 0.198. The summed E-state index contributed by atoms with van der Waals surface area (Å²) >= 11 is 0. The normalized spacial score (nSPS) is 15.1. The number of benzene rings is 2. The molecule has 208 valence electrons. The third-order valence-corrected chi connectivity index (χ3v) is 6.59. The first kappa shape index (κ1) is 27.1. The highest BCUT2D eigenvalue weighted by molar-refractivity contribution is 5.95. The van der Waals surface area contributed by atoms with Crippen molar-refractivity contribution in [2.75, 3.05) is 6.54 Å². The van der Waals surface area contributed by atoms with Crippen LogP contribution in [0.1, 0.15) is 59.7 Å². The number of ether oxygens (including phenoxy) is 2. The van der Waals surface area contributed by atoms with Crippen LogP contribution in [-0.4, -0.2) is 38.4 Å². The van der Waals surface area contributed by atoms with E-state index < -0.39 is 35.3 Å². The Morgan fingerprint density at radius 2 is 1.77 bits per heavy atom. The highest BCUT2D eigenvalue weighted by atomic mass is 19.1. The Morgan fingerprint density at radius 1 is 1.05 bits per heavy atom. The maximum Gasteiger partial charge on any atom is 0.410 e. The average Bonchev–Trinajstić information content (AvgIpc) is 3.24. The van der Waals surface area contributed by atoms with Crippen molar-refractivity contribution in [1.82, 2.24) is 19.6 Å². The van der Waals surface area contributed by atoms with E-state index in [1.807, 2.05) is 24.3 Å². The maximum atomic E-state index is 14.1. The molecular formula is C30H30F2N4O4. The van der Waals surface area contributed by atoms with E-state index in [0.717, 1.165) is 23.3 Å². The molecule has 4 aromatic rings. The van der Waals surface area contributed by atoms with Crippen molar-refractivity contribution in [3.63, 3.8) is 0 Å². The quantitative estimate of drug-likeness (QED) is 0.345. The lowest BCUT2D eigenvalue weighted by Crippen LogP contribution is -2.46. The van der Waals surface area contributed by atoms with Crippen LogP contribution in [0.25, 0.3) is 5.65 Å². The number of aromatic nitrogens is 2. The lowest BCUT2D eigenvalue weighted by Gasteiger charge is -2.36. The summed E-state index contributed by atoms with van der Waals surface area (Å²) in [6, 6.07) is 14.1. The SMILES string of the molecule is Cc1nc2c(OCc3c(F)cccc3F)cccn2c1C(=O)NC1CN(C(=O)OC(C)(C)C)Cc2ccccc21. The molecule has 8 nitrogen and oxygen atoms in total. The summed E-state index contributed by atoms with van der Waals surface area (Å²) in [5.41, 5.74) is 2.03. The van der Waals surface area contributed by atoms with Gasteiger partial charge in [0.05, 0.1) is 17.3 Å². The Balaban J connectivity index is 1.41. The molecule has 10 heteroatoms. The lowest BCUT2D eigenvalue weighted by molar-refractivity contribution is 0.0194. The van der Waals surface area contributed by atoms with Crippen LogP contribution in [0.15, 0.2) is 60.8 Å². The van der Waals surface area contributed by atoms with Crippen molar-refractivity contribution < 1.29 is 27.8 Å². The van der Waals surface area contributed by atoms with Gasteiger partial charge in [0.1, 0.15) is 29.5 Å². The molecule has 0 aliphatic carbocycles. The van der Waals surface area contributed by atoms with Crippen LogP contribution in [0.3, 0.4) is 0 Å². The van der Waals surface area contributed by atoms with Gasteiger partial charge in [-0.3, -0.25) is 9.20 Å². The van der Waals surface area contributed by atoms with E-state index >= 15 is 0 Å². The largest absolute Gasteiger partial charge is 0.485 e. The van der Waals surface area contributed by atoms with Gasteiger partial charge in [-0.2, -0.15) is 0 Å².